The minimum Gasteiger partial charge on any atom is -0.462 e. The summed E-state index contributed by atoms with van der Waals surface area (Å²) >= 11 is 1.07. The monoisotopic (exact) mass is 452 g/mol. The zero-order valence-corrected chi connectivity index (χ0v) is 18.6. The molecule has 30 heavy (non-hydrogen) atoms. The molecule has 9 nitrogen and oxygen atoms in total. The van der Waals surface area contributed by atoms with Gasteiger partial charge in [0.15, 0.2) is 20.7 Å². The Labute approximate surface area is 178 Å². The number of hydrogen-bond acceptors (Lipinski definition) is 8. The summed E-state index contributed by atoms with van der Waals surface area (Å²) in [7, 11) is -3.06. The molecule has 0 radical (unpaired) electrons. The second kappa shape index (κ2) is 8.10. The lowest BCUT2D eigenvalue weighted by Crippen LogP contribution is -2.17. The molecule has 1 N–H and O–H groups in total. The summed E-state index contributed by atoms with van der Waals surface area (Å²) in [6.07, 6.45) is 4.00. The Kier molecular flexibility index (Phi) is 5.67. The number of fused-ring (bicyclic) bond motifs is 1. The van der Waals surface area contributed by atoms with Crippen LogP contribution in [0.2, 0.25) is 0 Å². The molecule has 1 aliphatic heterocycles. The molecule has 0 spiro atoms. The third kappa shape index (κ3) is 4.00. The molecule has 2 aromatic rings. The van der Waals surface area contributed by atoms with Crippen LogP contribution in [-0.4, -0.2) is 53.2 Å². The van der Waals surface area contributed by atoms with Gasteiger partial charge in [0.1, 0.15) is 4.88 Å². The van der Waals surface area contributed by atoms with Crippen molar-refractivity contribution in [3.8, 4) is 0 Å². The molecule has 162 valence electrons. The van der Waals surface area contributed by atoms with Crippen molar-refractivity contribution in [1.82, 2.24) is 14.8 Å². The molecule has 1 atom stereocenters. The summed E-state index contributed by atoms with van der Waals surface area (Å²) in [6, 6.07) is -0.221. The third-order valence-electron chi connectivity index (χ3n) is 5.46. The fourth-order valence-electron chi connectivity index (χ4n) is 4.07. The number of anilines is 1. The molecule has 1 aliphatic carbocycles. The number of hydrogen-bond donors (Lipinski definition) is 1. The first-order chi connectivity index (χ1) is 14.3. The summed E-state index contributed by atoms with van der Waals surface area (Å²) in [4.78, 5) is 29.6. The van der Waals surface area contributed by atoms with Crippen LogP contribution >= 0.6 is 11.3 Å². The van der Waals surface area contributed by atoms with Gasteiger partial charge in [0.05, 0.1) is 29.8 Å². The second-order valence-electron chi connectivity index (χ2n) is 7.59. The van der Waals surface area contributed by atoms with E-state index in [0.29, 0.717) is 27.8 Å². The van der Waals surface area contributed by atoms with Crippen molar-refractivity contribution in [2.45, 2.75) is 52.0 Å². The molecular weight excluding hydrogens is 428 g/mol. The molecule has 0 aromatic carbocycles. The number of sulfone groups is 1. The average molecular weight is 453 g/mol. The van der Waals surface area contributed by atoms with Crippen LogP contribution in [0.3, 0.4) is 0 Å². The van der Waals surface area contributed by atoms with Crippen molar-refractivity contribution in [1.29, 1.82) is 0 Å². The molecule has 1 saturated heterocycles. The van der Waals surface area contributed by atoms with E-state index in [1.54, 1.807) is 18.5 Å². The van der Waals surface area contributed by atoms with Gasteiger partial charge in [0.25, 0.3) is 5.91 Å². The van der Waals surface area contributed by atoms with E-state index in [1.165, 1.54) is 0 Å². The van der Waals surface area contributed by atoms with E-state index in [0.717, 1.165) is 48.3 Å². The topological polar surface area (TPSA) is 120 Å². The Morgan fingerprint density at radius 1 is 1.30 bits per heavy atom. The number of aromatic nitrogens is 3. The van der Waals surface area contributed by atoms with Crippen LogP contribution in [0.5, 0.6) is 0 Å². The Balaban J connectivity index is 1.60. The standard InChI is InChI=1S/C19H24N4O5S2/c1-3-28-18(25)16-11(2)20-19(29-16)21-17(24)15-13-6-4-5-7-14(13)23(22-15)12-8-9-30(26,27)10-12/h12H,3-10H2,1-2H3,(H,20,21,24)/t12-/m0/s1. The summed E-state index contributed by atoms with van der Waals surface area (Å²) in [6.45, 7) is 3.68. The van der Waals surface area contributed by atoms with Gasteiger partial charge in [-0.2, -0.15) is 5.10 Å². The first-order valence-electron chi connectivity index (χ1n) is 10.1. The van der Waals surface area contributed by atoms with Gasteiger partial charge in [-0.05, 0) is 46.0 Å². The average Bonchev–Trinajstić information content (AvgIpc) is 3.36. The molecule has 11 heteroatoms. The normalized spacial score (nSPS) is 20.0. The van der Waals surface area contributed by atoms with Crippen LogP contribution in [-0.2, 0) is 27.4 Å². The molecule has 4 rings (SSSR count). The van der Waals surface area contributed by atoms with Crippen LogP contribution in [0.15, 0.2) is 0 Å². The first-order valence-corrected chi connectivity index (χ1v) is 12.7. The summed E-state index contributed by atoms with van der Waals surface area (Å²) in [5.41, 5.74) is 2.68. The number of nitrogens with one attached hydrogen (secondary N) is 1. The number of nitrogens with zero attached hydrogens (tertiary/aromatic N) is 3. The summed E-state index contributed by atoms with van der Waals surface area (Å²) in [5.74, 6) is -0.631. The Morgan fingerprint density at radius 3 is 2.77 bits per heavy atom. The molecule has 1 amide bonds. The molecule has 2 aromatic heterocycles. The molecule has 0 bridgehead atoms. The highest BCUT2D eigenvalue weighted by Gasteiger charge is 2.34. The van der Waals surface area contributed by atoms with Gasteiger partial charge >= 0.3 is 5.97 Å². The van der Waals surface area contributed by atoms with Crippen LogP contribution in [0.4, 0.5) is 5.13 Å². The second-order valence-corrected chi connectivity index (χ2v) is 10.8. The maximum absolute atomic E-state index is 13.0. The quantitative estimate of drug-likeness (QED) is 0.691. The lowest BCUT2D eigenvalue weighted by Gasteiger charge is -2.17. The van der Waals surface area contributed by atoms with Gasteiger partial charge in [-0.15, -0.1) is 0 Å². The van der Waals surface area contributed by atoms with Crippen LogP contribution < -0.4 is 5.32 Å². The highest BCUT2D eigenvalue weighted by molar-refractivity contribution is 7.91. The van der Waals surface area contributed by atoms with Gasteiger partial charge < -0.3 is 4.74 Å². The highest BCUT2D eigenvalue weighted by Crippen LogP contribution is 2.32. The molecule has 2 aliphatic rings. The van der Waals surface area contributed by atoms with E-state index in [9.17, 15) is 18.0 Å². The lowest BCUT2D eigenvalue weighted by molar-refractivity contribution is 0.0531. The third-order valence-corrected chi connectivity index (χ3v) is 8.26. The van der Waals surface area contributed by atoms with Gasteiger partial charge in [0, 0.05) is 11.3 Å². The van der Waals surface area contributed by atoms with Gasteiger partial charge in [-0.1, -0.05) is 11.3 Å². The molecule has 0 unspecified atom stereocenters. The van der Waals surface area contributed by atoms with E-state index in [1.807, 2.05) is 0 Å². The summed E-state index contributed by atoms with van der Waals surface area (Å²) in [5, 5.41) is 7.62. The molecule has 3 heterocycles. The largest absolute Gasteiger partial charge is 0.462 e. The number of thiazole rings is 1. The predicted molar refractivity (Wildman–Crippen MR) is 112 cm³/mol. The maximum Gasteiger partial charge on any atom is 0.350 e. The van der Waals surface area contributed by atoms with Crippen LogP contribution in [0.1, 0.15) is 69.3 Å². The number of rotatable bonds is 5. The van der Waals surface area contributed by atoms with Crippen molar-refractivity contribution < 1.29 is 22.7 Å². The van der Waals surface area contributed by atoms with Crippen LogP contribution in [0, 0.1) is 6.92 Å². The van der Waals surface area contributed by atoms with Crippen molar-refractivity contribution in [3.63, 3.8) is 0 Å². The zero-order valence-electron chi connectivity index (χ0n) is 16.9. The number of carbonyl (C=O) groups excluding carboxylic acids is 2. The van der Waals surface area contributed by atoms with Crippen LogP contribution in [0.25, 0.3) is 0 Å². The van der Waals surface area contributed by atoms with Gasteiger partial charge in [-0.25, -0.2) is 18.2 Å². The van der Waals surface area contributed by atoms with Crippen molar-refractivity contribution in [2.24, 2.45) is 0 Å². The zero-order chi connectivity index (χ0) is 21.5. The van der Waals surface area contributed by atoms with Gasteiger partial charge in [-0.3, -0.25) is 14.8 Å². The number of amides is 1. The summed E-state index contributed by atoms with van der Waals surface area (Å²) < 4.78 is 30.7. The lowest BCUT2D eigenvalue weighted by atomic mass is 9.95. The van der Waals surface area contributed by atoms with Gasteiger partial charge in [0.2, 0.25) is 0 Å². The minimum absolute atomic E-state index is 0.0662. The SMILES string of the molecule is CCOC(=O)c1sc(NC(=O)c2nn([C@H]3CCS(=O)(=O)C3)c3c2CCCC3)nc1C. The maximum atomic E-state index is 13.0. The predicted octanol–water partition coefficient (Wildman–Crippen LogP) is 2.32. The highest BCUT2D eigenvalue weighted by atomic mass is 32.2. The van der Waals surface area contributed by atoms with Crippen molar-refractivity contribution in [3.05, 3.63) is 27.5 Å². The van der Waals surface area contributed by atoms with E-state index in [4.69, 9.17) is 4.74 Å². The molecule has 1 fully saturated rings. The van der Waals surface area contributed by atoms with Crippen molar-refractivity contribution in [2.75, 3.05) is 23.4 Å². The van der Waals surface area contributed by atoms with E-state index < -0.39 is 21.7 Å². The van der Waals surface area contributed by atoms with E-state index in [-0.39, 0.29) is 24.2 Å². The number of carbonyl (C=O) groups is 2. The Morgan fingerprint density at radius 2 is 2.07 bits per heavy atom. The van der Waals surface area contributed by atoms with E-state index >= 15 is 0 Å². The number of ether oxygens (including phenoxy) is 1. The number of esters is 1. The Bertz CT molecular complexity index is 1100. The molecule has 0 saturated carbocycles. The number of aryl methyl sites for hydroxylation is 1. The van der Waals surface area contributed by atoms with E-state index in [2.05, 4.69) is 15.4 Å². The fourth-order valence-corrected chi connectivity index (χ4v) is 6.62. The molecular formula is C19H24N4O5S2. The first kappa shape index (κ1) is 21.0. The smallest absolute Gasteiger partial charge is 0.350 e. The van der Waals surface area contributed by atoms with Crippen molar-refractivity contribution >= 4 is 38.2 Å². The Hall–Kier alpha value is -2.27. The fraction of sp³-hybridized carbons (Fsp3) is 0.579. The minimum atomic E-state index is -3.06.